The number of hydrogen-bond acceptors (Lipinski definition) is 4. The normalized spacial score (nSPS) is 20.0. The third kappa shape index (κ3) is 3.29. The van der Waals surface area contributed by atoms with E-state index in [2.05, 4.69) is 25.0 Å². The van der Waals surface area contributed by atoms with Gasteiger partial charge in [-0.3, -0.25) is 4.90 Å². The second kappa shape index (κ2) is 5.80. The van der Waals surface area contributed by atoms with Crippen molar-refractivity contribution in [3.63, 3.8) is 0 Å². The first kappa shape index (κ1) is 12.1. The number of hydrogen-bond donors (Lipinski definition) is 1. The Hall–Kier alpha value is -0.940. The molecular weight excluding hydrogens is 226 g/mol. The first-order valence-corrected chi connectivity index (χ1v) is 7.24. The largest absolute Gasteiger partial charge is 0.315 e. The van der Waals surface area contributed by atoms with Crippen LogP contribution in [0.4, 0.5) is 0 Å². The van der Waals surface area contributed by atoms with Crippen LogP contribution in [0.2, 0.25) is 0 Å². The molecule has 0 aromatic carbocycles. The summed E-state index contributed by atoms with van der Waals surface area (Å²) >= 11 is 0. The molecule has 1 fully saturated rings. The summed E-state index contributed by atoms with van der Waals surface area (Å²) in [5, 5.41) is 11.7. The van der Waals surface area contributed by atoms with E-state index >= 15 is 0 Å². The number of nitrogens with zero attached hydrogens (tertiary/aromatic N) is 4. The van der Waals surface area contributed by atoms with E-state index in [4.69, 9.17) is 0 Å². The summed E-state index contributed by atoms with van der Waals surface area (Å²) in [5.74, 6) is 1.12. The number of unbranched alkanes of at least 4 members (excludes halogenated alkanes) is 2. The van der Waals surface area contributed by atoms with Gasteiger partial charge in [-0.05, 0) is 38.8 Å². The third-order valence-corrected chi connectivity index (χ3v) is 3.88. The lowest BCUT2D eigenvalue weighted by Gasteiger charge is -2.26. The Morgan fingerprint density at radius 2 is 2.17 bits per heavy atom. The minimum Gasteiger partial charge on any atom is -0.315 e. The van der Waals surface area contributed by atoms with Crippen LogP contribution in [0.1, 0.15) is 37.9 Å². The predicted molar refractivity (Wildman–Crippen MR) is 70.2 cm³/mol. The van der Waals surface area contributed by atoms with Crippen molar-refractivity contribution in [3.05, 3.63) is 12.2 Å². The van der Waals surface area contributed by atoms with Crippen LogP contribution in [0, 0.1) is 0 Å². The molecule has 1 aromatic heterocycles. The maximum Gasteiger partial charge on any atom is 0.147 e. The highest BCUT2D eigenvalue weighted by atomic mass is 15.3. The van der Waals surface area contributed by atoms with Crippen LogP contribution < -0.4 is 5.32 Å². The Bertz CT molecular complexity index is 371. The van der Waals surface area contributed by atoms with Gasteiger partial charge >= 0.3 is 0 Å². The van der Waals surface area contributed by atoms with Gasteiger partial charge in [0.2, 0.25) is 0 Å². The molecule has 1 aromatic rings. The molecule has 0 spiro atoms. The van der Waals surface area contributed by atoms with Crippen molar-refractivity contribution in [1.82, 2.24) is 25.0 Å². The molecule has 0 bridgehead atoms. The zero-order valence-electron chi connectivity index (χ0n) is 11.0. The quantitative estimate of drug-likeness (QED) is 0.733. The van der Waals surface area contributed by atoms with Crippen LogP contribution in [-0.4, -0.2) is 45.3 Å². The Morgan fingerprint density at radius 3 is 3.06 bits per heavy atom. The lowest BCUT2D eigenvalue weighted by atomic mass is 10.2. The number of fused-ring (bicyclic) bond motifs is 1. The SMILES string of the molecule is c1nnc2n1CCN(CCCCCNC1CC1)C2. The molecule has 0 amide bonds. The maximum atomic E-state index is 4.15. The van der Waals surface area contributed by atoms with Crippen molar-refractivity contribution in [2.75, 3.05) is 19.6 Å². The minimum atomic E-state index is 0.860. The average Bonchev–Trinajstić information content (AvgIpc) is 3.09. The molecular formula is C13H23N5. The van der Waals surface area contributed by atoms with E-state index in [1.807, 2.05) is 6.33 Å². The van der Waals surface area contributed by atoms with E-state index in [0.717, 1.165) is 31.5 Å². The summed E-state index contributed by atoms with van der Waals surface area (Å²) in [7, 11) is 0. The molecule has 1 saturated carbocycles. The van der Waals surface area contributed by atoms with Gasteiger partial charge in [0, 0.05) is 19.1 Å². The van der Waals surface area contributed by atoms with Crippen LogP contribution >= 0.6 is 0 Å². The highest BCUT2D eigenvalue weighted by Crippen LogP contribution is 2.18. The zero-order chi connectivity index (χ0) is 12.2. The van der Waals surface area contributed by atoms with Crippen LogP contribution in [-0.2, 0) is 13.1 Å². The van der Waals surface area contributed by atoms with E-state index in [1.54, 1.807) is 0 Å². The molecule has 0 saturated heterocycles. The molecule has 2 aliphatic rings. The Balaban J connectivity index is 1.27. The van der Waals surface area contributed by atoms with E-state index < -0.39 is 0 Å². The van der Waals surface area contributed by atoms with Crippen molar-refractivity contribution >= 4 is 0 Å². The summed E-state index contributed by atoms with van der Waals surface area (Å²) in [6.07, 6.45) is 8.60. The van der Waals surface area contributed by atoms with Crippen LogP contribution in [0.3, 0.4) is 0 Å². The van der Waals surface area contributed by atoms with Crippen molar-refractivity contribution < 1.29 is 0 Å². The molecule has 1 aliphatic carbocycles. The van der Waals surface area contributed by atoms with Crippen LogP contribution in [0.25, 0.3) is 0 Å². The van der Waals surface area contributed by atoms with E-state index in [-0.39, 0.29) is 0 Å². The topological polar surface area (TPSA) is 46.0 Å². The number of rotatable bonds is 7. The van der Waals surface area contributed by atoms with E-state index in [1.165, 1.54) is 45.2 Å². The first-order chi connectivity index (χ1) is 8.92. The smallest absolute Gasteiger partial charge is 0.147 e. The lowest BCUT2D eigenvalue weighted by Crippen LogP contribution is -2.34. The standard InChI is InChI=1S/C13H23N5/c1(2-6-14-12-4-5-12)3-7-17-8-9-18-11-15-16-13(18)10-17/h11-12,14H,1-10H2. The summed E-state index contributed by atoms with van der Waals surface area (Å²) in [5.41, 5.74) is 0. The molecule has 2 heterocycles. The molecule has 100 valence electrons. The molecule has 3 rings (SSSR count). The fraction of sp³-hybridized carbons (Fsp3) is 0.846. The van der Waals surface area contributed by atoms with Gasteiger partial charge in [0.05, 0.1) is 6.54 Å². The van der Waals surface area contributed by atoms with Gasteiger partial charge in [0.25, 0.3) is 0 Å². The van der Waals surface area contributed by atoms with Gasteiger partial charge in [-0.2, -0.15) is 0 Å². The summed E-state index contributed by atoms with van der Waals surface area (Å²) in [6.45, 7) is 5.58. The number of aromatic nitrogens is 3. The van der Waals surface area contributed by atoms with E-state index in [0.29, 0.717) is 0 Å². The molecule has 5 heteroatoms. The third-order valence-electron chi connectivity index (χ3n) is 3.88. The number of nitrogens with one attached hydrogen (secondary N) is 1. The van der Waals surface area contributed by atoms with Crippen molar-refractivity contribution in [2.24, 2.45) is 0 Å². The molecule has 0 radical (unpaired) electrons. The Kier molecular flexibility index (Phi) is 3.90. The predicted octanol–water partition coefficient (Wildman–Crippen LogP) is 1.02. The van der Waals surface area contributed by atoms with Gasteiger partial charge in [-0.1, -0.05) is 6.42 Å². The van der Waals surface area contributed by atoms with Crippen LogP contribution in [0.15, 0.2) is 6.33 Å². The van der Waals surface area contributed by atoms with Crippen molar-refractivity contribution in [3.8, 4) is 0 Å². The molecule has 0 atom stereocenters. The molecule has 1 N–H and O–H groups in total. The van der Waals surface area contributed by atoms with Gasteiger partial charge in [0.1, 0.15) is 12.2 Å². The minimum absolute atomic E-state index is 0.860. The summed E-state index contributed by atoms with van der Waals surface area (Å²) in [6, 6.07) is 0.860. The summed E-state index contributed by atoms with van der Waals surface area (Å²) in [4.78, 5) is 2.50. The highest BCUT2D eigenvalue weighted by molar-refractivity contribution is 4.89. The Morgan fingerprint density at radius 1 is 1.22 bits per heavy atom. The lowest BCUT2D eigenvalue weighted by molar-refractivity contribution is 0.212. The van der Waals surface area contributed by atoms with Crippen LogP contribution in [0.5, 0.6) is 0 Å². The molecule has 1 aliphatic heterocycles. The molecule has 0 unspecified atom stereocenters. The molecule has 18 heavy (non-hydrogen) atoms. The zero-order valence-corrected chi connectivity index (χ0v) is 11.0. The summed E-state index contributed by atoms with van der Waals surface area (Å²) < 4.78 is 2.16. The first-order valence-electron chi connectivity index (χ1n) is 7.24. The monoisotopic (exact) mass is 249 g/mol. The van der Waals surface area contributed by atoms with Gasteiger partial charge in [-0.15, -0.1) is 10.2 Å². The van der Waals surface area contributed by atoms with Crippen molar-refractivity contribution in [1.29, 1.82) is 0 Å². The second-order valence-corrected chi connectivity index (χ2v) is 5.51. The fourth-order valence-electron chi connectivity index (χ4n) is 2.54. The Labute approximate surface area is 109 Å². The maximum absolute atomic E-state index is 4.15. The highest BCUT2D eigenvalue weighted by Gasteiger charge is 2.19. The van der Waals surface area contributed by atoms with Gasteiger partial charge in [-0.25, -0.2) is 0 Å². The van der Waals surface area contributed by atoms with Crippen molar-refractivity contribution in [2.45, 2.75) is 51.2 Å². The fourth-order valence-corrected chi connectivity index (χ4v) is 2.54. The molecule has 5 nitrogen and oxygen atoms in total. The average molecular weight is 249 g/mol. The second-order valence-electron chi connectivity index (χ2n) is 5.51. The van der Waals surface area contributed by atoms with E-state index in [9.17, 15) is 0 Å². The van der Waals surface area contributed by atoms with Gasteiger partial charge < -0.3 is 9.88 Å². The van der Waals surface area contributed by atoms with Gasteiger partial charge in [0.15, 0.2) is 0 Å².